The quantitative estimate of drug-likeness (QED) is 0.578. The Balaban J connectivity index is 2.66. The van der Waals surface area contributed by atoms with Crippen molar-refractivity contribution in [1.29, 1.82) is 0 Å². The molecule has 0 atom stereocenters. The smallest absolute Gasteiger partial charge is 0.0406 e. The highest BCUT2D eigenvalue weighted by molar-refractivity contribution is 6.30. The third-order valence-electron chi connectivity index (χ3n) is 1.45. The van der Waals surface area contributed by atoms with Gasteiger partial charge in [0.15, 0.2) is 0 Å². The van der Waals surface area contributed by atoms with Crippen LogP contribution < -0.4 is 0 Å². The molecule has 0 aliphatic rings. The van der Waals surface area contributed by atoms with E-state index in [1.807, 2.05) is 24.3 Å². The lowest BCUT2D eigenvalue weighted by atomic mass is 10.2. The molecule has 0 spiro atoms. The maximum atomic E-state index is 5.72. The minimum Gasteiger partial charge on any atom is -0.0979 e. The molecule has 0 aliphatic carbocycles. The summed E-state index contributed by atoms with van der Waals surface area (Å²) >= 11 is 5.72. The number of hydrogen-bond donors (Lipinski definition) is 0. The minimum atomic E-state index is 0.760. The van der Waals surface area contributed by atoms with Crippen LogP contribution in [-0.2, 0) is 0 Å². The van der Waals surface area contributed by atoms with Crippen molar-refractivity contribution in [1.82, 2.24) is 0 Å². The molecule has 0 radical (unpaired) electrons. The highest BCUT2D eigenvalue weighted by atomic mass is 35.5. The van der Waals surface area contributed by atoms with Gasteiger partial charge in [-0.05, 0) is 30.7 Å². The van der Waals surface area contributed by atoms with Crippen molar-refractivity contribution in [2.75, 3.05) is 0 Å². The van der Waals surface area contributed by atoms with Crippen LogP contribution in [0.2, 0.25) is 5.02 Å². The van der Waals surface area contributed by atoms with Gasteiger partial charge in [-0.1, -0.05) is 30.4 Å². The maximum absolute atomic E-state index is 5.72. The summed E-state index contributed by atoms with van der Waals surface area (Å²) in [5.74, 6) is 6.14. The molecule has 0 fully saturated rings. The molecule has 1 heteroatoms. The van der Waals surface area contributed by atoms with Crippen LogP contribution in [-0.4, -0.2) is 0 Å². The van der Waals surface area contributed by atoms with E-state index in [0.717, 1.165) is 23.4 Å². The van der Waals surface area contributed by atoms with Crippen molar-refractivity contribution in [3.05, 3.63) is 34.9 Å². The molecule has 0 bridgehead atoms. The van der Waals surface area contributed by atoms with Gasteiger partial charge in [-0.2, -0.15) is 0 Å². The molecule has 62 valence electrons. The molecule has 0 aliphatic heterocycles. The molecule has 0 heterocycles. The summed E-state index contributed by atoms with van der Waals surface area (Å²) < 4.78 is 0. The highest BCUT2D eigenvalue weighted by Crippen LogP contribution is 2.08. The molecule has 0 saturated heterocycles. The van der Waals surface area contributed by atoms with Gasteiger partial charge in [0.05, 0.1) is 0 Å². The molecule has 0 amide bonds. The van der Waals surface area contributed by atoms with Gasteiger partial charge in [0.25, 0.3) is 0 Å². The van der Waals surface area contributed by atoms with Gasteiger partial charge >= 0.3 is 0 Å². The number of rotatable bonds is 1. The first kappa shape index (κ1) is 9.16. The van der Waals surface area contributed by atoms with Crippen molar-refractivity contribution in [2.45, 2.75) is 19.8 Å². The van der Waals surface area contributed by atoms with Gasteiger partial charge in [0.1, 0.15) is 0 Å². The first-order valence-corrected chi connectivity index (χ1v) is 4.45. The summed E-state index contributed by atoms with van der Waals surface area (Å²) in [5, 5.41) is 0.760. The van der Waals surface area contributed by atoms with E-state index in [1.54, 1.807) is 0 Å². The fourth-order valence-electron chi connectivity index (χ4n) is 0.823. The van der Waals surface area contributed by atoms with Crippen LogP contribution in [0, 0.1) is 11.8 Å². The topological polar surface area (TPSA) is 0 Å². The van der Waals surface area contributed by atoms with E-state index in [4.69, 9.17) is 11.6 Å². The van der Waals surface area contributed by atoms with E-state index < -0.39 is 0 Å². The van der Waals surface area contributed by atoms with Crippen molar-refractivity contribution < 1.29 is 0 Å². The lowest BCUT2D eigenvalue weighted by Crippen LogP contribution is -1.72. The molecule has 0 N–H and O–H groups in total. The second kappa shape index (κ2) is 4.85. The van der Waals surface area contributed by atoms with E-state index in [1.165, 1.54) is 0 Å². The number of benzene rings is 1. The minimum absolute atomic E-state index is 0.760. The fraction of sp³-hybridized carbons (Fsp3) is 0.273. The largest absolute Gasteiger partial charge is 0.0979 e. The Morgan fingerprint density at radius 3 is 2.50 bits per heavy atom. The summed E-state index contributed by atoms with van der Waals surface area (Å²) in [6, 6.07) is 7.59. The summed E-state index contributed by atoms with van der Waals surface area (Å²) in [7, 11) is 0. The lowest BCUT2D eigenvalue weighted by molar-refractivity contribution is 0.983. The highest BCUT2D eigenvalue weighted by Gasteiger charge is 1.85. The molecule has 1 rings (SSSR count). The second-order valence-electron chi connectivity index (χ2n) is 2.56. The van der Waals surface area contributed by atoms with Gasteiger partial charge in [-0.25, -0.2) is 0 Å². The van der Waals surface area contributed by atoms with Gasteiger partial charge in [0.2, 0.25) is 0 Å². The molecule has 1 aromatic rings. The molecule has 1 aromatic carbocycles. The fourth-order valence-corrected chi connectivity index (χ4v) is 0.949. The van der Waals surface area contributed by atoms with Crippen LogP contribution in [0.3, 0.4) is 0 Å². The number of hydrogen-bond acceptors (Lipinski definition) is 0. The molecule has 12 heavy (non-hydrogen) atoms. The second-order valence-corrected chi connectivity index (χ2v) is 3.00. The standard InChI is InChI=1S/C11H11Cl/c1-2-3-4-5-10-6-8-11(12)9-7-10/h6-9H,2-3H2,1H3. The Bertz CT molecular complexity index is 287. The Morgan fingerprint density at radius 2 is 1.92 bits per heavy atom. The van der Waals surface area contributed by atoms with Gasteiger partial charge < -0.3 is 0 Å². The van der Waals surface area contributed by atoms with Gasteiger partial charge in [0, 0.05) is 17.0 Å². The van der Waals surface area contributed by atoms with Crippen LogP contribution in [0.4, 0.5) is 0 Å². The summed E-state index contributed by atoms with van der Waals surface area (Å²) in [4.78, 5) is 0. The molecular weight excluding hydrogens is 168 g/mol. The Labute approximate surface area is 78.6 Å². The van der Waals surface area contributed by atoms with Crippen molar-refractivity contribution in [3.63, 3.8) is 0 Å². The first-order chi connectivity index (χ1) is 5.83. The zero-order chi connectivity index (χ0) is 8.81. The summed E-state index contributed by atoms with van der Waals surface area (Å²) in [6.07, 6.45) is 2.07. The number of halogens is 1. The molecule has 0 unspecified atom stereocenters. The average Bonchev–Trinajstić information content (AvgIpc) is 2.09. The van der Waals surface area contributed by atoms with E-state index in [9.17, 15) is 0 Å². The third kappa shape index (κ3) is 2.98. The van der Waals surface area contributed by atoms with Crippen molar-refractivity contribution in [2.24, 2.45) is 0 Å². The molecule has 0 saturated carbocycles. The van der Waals surface area contributed by atoms with Crippen LogP contribution in [0.1, 0.15) is 25.3 Å². The van der Waals surface area contributed by atoms with E-state index in [2.05, 4.69) is 18.8 Å². The predicted molar refractivity (Wildman–Crippen MR) is 53.2 cm³/mol. The van der Waals surface area contributed by atoms with Crippen LogP contribution >= 0.6 is 11.6 Å². The first-order valence-electron chi connectivity index (χ1n) is 4.07. The van der Waals surface area contributed by atoms with E-state index in [0.29, 0.717) is 0 Å². The summed E-state index contributed by atoms with van der Waals surface area (Å²) in [6.45, 7) is 2.12. The van der Waals surface area contributed by atoms with Crippen molar-refractivity contribution >= 4 is 11.6 Å². The van der Waals surface area contributed by atoms with Crippen LogP contribution in [0.15, 0.2) is 24.3 Å². The maximum Gasteiger partial charge on any atom is 0.0406 e. The zero-order valence-corrected chi connectivity index (χ0v) is 7.86. The van der Waals surface area contributed by atoms with Crippen LogP contribution in [0.25, 0.3) is 0 Å². The van der Waals surface area contributed by atoms with E-state index in [-0.39, 0.29) is 0 Å². The summed E-state index contributed by atoms with van der Waals surface area (Å²) in [5.41, 5.74) is 1.04. The predicted octanol–water partition coefficient (Wildman–Crippen LogP) is 3.49. The normalized spacial score (nSPS) is 8.83. The third-order valence-corrected chi connectivity index (χ3v) is 1.70. The Morgan fingerprint density at radius 1 is 1.25 bits per heavy atom. The SMILES string of the molecule is CCCC#Cc1ccc(Cl)cc1. The van der Waals surface area contributed by atoms with Crippen molar-refractivity contribution in [3.8, 4) is 11.8 Å². The van der Waals surface area contributed by atoms with Crippen LogP contribution in [0.5, 0.6) is 0 Å². The zero-order valence-electron chi connectivity index (χ0n) is 7.10. The number of unbranched alkanes of at least 4 members (excludes halogenated alkanes) is 1. The lowest BCUT2D eigenvalue weighted by Gasteiger charge is -1.89. The van der Waals surface area contributed by atoms with Gasteiger partial charge in [-0.15, -0.1) is 0 Å². The Hall–Kier alpha value is -0.930. The van der Waals surface area contributed by atoms with Gasteiger partial charge in [-0.3, -0.25) is 0 Å². The molecular formula is C11H11Cl. The average molecular weight is 179 g/mol. The monoisotopic (exact) mass is 178 g/mol. The molecule has 0 nitrogen and oxygen atoms in total. The Kier molecular flexibility index (Phi) is 3.70. The molecule has 0 aromatic heterocycles. The van der Waals surface area contributed by atoms with E-state index >= 15 is 0 Å².